The van der Waals surface area contributed by atoms with E-state index in [2.05, 4.69) is 156 Å². The van der Waals surface area contributed by atoms with Gasteiger partial charge in [0, 0.05) is 32.9 Å². The Hall–Kier alpha value is -6.65. The Morgan fingerprint density at radius 1 is 0.456 bits per heavy atom. The topological polar surface area (TPSA) is 51.8 Å². The van der Waals surface area contributed by atoms with Gasteiger partial charge in [-0.25, -0.2) is 15.0 Å². The van der Waals surface area contributed by atoms with E-state index in [-0.39, 0.29) is 5.41 Å². The number of fused-ring (bicyclic) bond motifs is 14. The molecular weight excluding hydrogens is 695 g/mol. The third-order valence-electron chi connectivity index (χ3n) is 13.1. The maximum absolute atomic E-state index is 6.36. The molecule has 1 unspecified atom stereocenters. The fraction of sp³-hybridized carbons (Fsp3) is 0.151. The molecule has 7 aromatic carbocycles. The molecule has 2 aliphatic carbocycles. The number of aromatic nitrogens is 3. The van der Waals surface area contributed by atoms with E-state index >= 15 is 0 Å². The molecule has 0 radical (unpaired) electrons. The molecule has 6 bridgehead atoms. The maximum Gasteiger partial charge on any atom is 0.164 e. The molecule has 12 rings (SSSR count). The van der Waals surface area contributed by atoms with Gasteiger partial charge in [-0.15, -0.1) is 0 Å². The zero-order chi connectivity index (χ0) is 38.4. The van der Waals surface area contributed by atoms with E-state index in [1.165, 1.54) is 55.6 Å². The summed E-state index contributed by atoms with van der Waals surface area (Å²) >= 11 is 0. The molecular formula is C53H39N3O. The molecule has 57 heavy (non-hydrogen) atoms. The zero-order valence-corrected chi connectivity index (χ0v) is 32.6. The van der Waals surface area contributed by atoms with Crippen LogP contribution in [0.5, 0.6) is 0 Å². The van der Waals surface area contributed by atoms with Crippen molar-refractivity contribution >= 4 is 21.9 Å². The predicted octanol–water partition coefficient (Wildman–Crippen LogP) is 13.1. The van der Waals surface area contributed by atoms with Gasteiger partial charge in [0.15, 0.2) is 17.5 Å². The number of furan rings is 1. The zero-order valence-electron chi connectivity index (χ0n) is 32.6. The summed E-state index contributed by atoms with van der Waals surface area (Å²) in [6.07, 6.45) is 0. The lowest BCUT2D eigenvalue weighted by molar-refractivity contribution is 0.588. The van der Waals surface area contributed by atoms with Gasteiger partial charge in [0.2, 0.25) is 0 Å². The molecule has 3 heterocycles. The van der Waals surface area contributed by atoms with Gasteiger partial charge in [-0.3, -0.25) is 0 Å². The first kappa shape index (κ1) is 32.6. The Morgan fingerprint density at radius 2 is 1.04 bits per heavy atom. The van der Waals surface area contributed by atoms with E-state index in [0.29, 0.717) is 17.5 Å². The summed E-state index contributed by atoms with van der Waals surface area (Å²) < 4.78 is 6.36. The Bertz CT molecular complexity index is 3210. The number of nitrogens with zero attached hydrogens (tertiary/aromatic N) is 3. The average molecular weight is 734 g/mol. The Morgan fingerprint density at radius 3 is 1.84 bits per heavy atom. The van der Waals surface area contributed by atoms with E-state index in [4.69, 9.17) is 19.4 Å². The maximum atomic E-state index is 6.36. The van der Waals surface area contributed by atoms with E-state index in [0.717, 1.165) is 44.2 Å². The average Bonchev–Trinajstić information content (AvgIpc) is 3.86. The van der Waals surface area contributed by atoms with Crippen molar-refractivity contribution in [2.45, 2.75) is 50.9 Å². The molecule has 0 N–H and O–H groups in total. The summed E-state index contributed by atoms with van der Waals surface area (Å²) in [7, 11) is 0. The van der Waals surface area contributed by atoms with Crippen molar-refractivity contribution in [1.29, 1.82) is 0 Å². The molecule has 0 saturated carbocycles. The molecule has 0 fully saturated rings. The monoisotopic (exact) mass is 733 g/mol. The van der Waals surface area contributed by atoms with Crippen molar-refractivity contribution < 1.29 is 4.42 Å². The summed E-state index contributed by atoms with van der Waals surface area (Å²) in [5.41, 5.74) is 17.7. The number of para-hydroxylation sites is 1. The molecule has 0 amide bonds. The number of rotatable bonds is 1. The van der Waals surface area contributed by atoms with Crippen LogP contribution in [0.1, 0.15) is 73.6 Å². The second-order valence-electron chi connectivity index (χ2n) is 17.6. The Balaban J connectivity index is 1.24. The highest BCUT2D eigenvalue weighted by Gasteiger charge is 2.52. The second kappa shape index (κ2) is 11.0. The molecule has 1 aliphatic heterocycles. The smallest absolute Gasteiger partial charge is 0.164 e. The van der Waals surface area contributed by atoms with Crippen LogP contribution in [0.2, 0.25) is 0 Å². The van der Waals surface area contributed by atoms with E-state index in [1.54, 1.807) is 0 Å². The number of benzene rings is 7. The summed E-state index contributed by atoms with van der Waals surface area (Å²) in [6, 6.07) is 53.5. The van der Waals surface area contributed by atoms with Gasteiger partial charge < -0.3 is 4.42 Å². The minimum absolute atomic E-state index is 0.0236. The fourth-order valence-corrected chi connectivity index (χ4v) is 10.3. The van der Waals surface area contributed by atoms with Crippen LogP contribution in [0.3, 0.4) is 0 Å². The van der Waals surface area contributed by atoms with E-state index in [9.17, 15) is 0 Å². The van der Waals surface area contributed by atoms with Crippen LogP contribution in [0.4, 0.5) is 0 Å². The van der Waals surface area contributed by atoms with Crippen molar-refractivity contribution in [3.63, 3.8) is 0 Å². The first-order valence-electron chi connectivity index (χ1n) is 19.9. The number of hydrogen-bond donors (Lipinski definition) is 0. The summed E-state index contributed by atoms with van der Waals surface area (Å²) in [6.45, 7) is 11.6. The molecule has 0 saturated heterocycles. The van der Waals surface area contributed by atoms with Crippen LogP contribution in [0.15, 0.2) is 150 Å². The molecule has 2 aromatic heterocycles. The Labute approximate surface area is 331 Å². The third kappa shape index (κ3) is 4.25. The SMILES string of the molecule is CC(C)(C)c1ccc2c(c1)C13c4ccccc4-c4ccc(cc41)-c1nc(nc(-c4cccc5oc6ccccc6c45)n1)-c1ccccc1C(C)(C)c1ccc-2c3c1. The van der Waals surface area contributed by atoms with Crippen molar-refractivity contribution in [3.8, 4) is 56.4 Å². The predicted molar refractivity (Wildman–Crippen MR) is 231 cm³/mol. The van der Waals surface area contributed by atoms with Gasteiger partial charge >= 0.3 is 0 Å². The minimum atomic E-state index is -0.534. The normalized spacial score (nSPS) is 16.7. The Kier molecular flexibility index (Phi) is 6.29. The van der Waals surface area contributed by atoms with E-state index in [1.807, 2.05) is 24.3 Å². The van der Waals surface area contributed by atoms with Crippen molar-refractivity contribution in [3.05, 3.63) is 185 Å². The van der Waals surface area contributed by atoms with Gasteiger partial charge in [0.05, 0.1) is 5.41 Å². The molecule has 1 atom stereocenters. The standard InChI is InChI=1S/C53H39N3O/c1-51(2,3)31-22-25-35-36-26-23-32-29-44(36)53(43(35)28-31)41-18-10-6-13-33(41)34-24-21-30(27-42(34)53)48-54-49(37-14-7-9-17-40(37)52(32,4)5)56-50(55-48)39-16-12-20-46-47(39)38-15-8-11-19-45(38)57-46/h6-29H,1-5H3. The molecule has 4 nitrogen and oxygen atoms in total. The molecule has 272 valence electrons. The van der Waals surface area contributed by atoms with Crippen LogP contribution in [-0.4, -0.2) is 15.0 Å². The first-order chi connectivity index (χ1) is 27.6. The lowest BCUT2D eigenvalue weighted by Crippen LogP contribution is -2.28. The summed E-state index contributed by atoms with van der Waals surface area (Å²) in [5, 5.41) is 2.05. The van der Waals surface area contributed by atoms with Gasteiger partial charge in [-0.2, -0.15) is 0 Å². The molecule has 3 aliphatic rings. The van der Waals surface area contributed by atoms with Crippen LogP contribution < -0.4 is 0 Å². The number of hydrogen-bond acceptors (Lipinski definition) is 4. The first-order valence-corrected chi connectivity index (χ1v) is 19.9. The molecule has 1 spiro atoms. The van der Waals surface area contributed by atoms with Crippen LogP contribution >= 0.6 is 0 Å². The molecule has 9 aromatic rings. The largest absolute Gasteiger partial charge is 0.456 e. The summed E-state index contributed by atoms with van der Waals surface area (Å²) in [4.78, 5) is 16.1. The van der Waals surface area contributed by atoms with Gasteiger partial charge in [-0.05, 0) is 84.8 Å². The fourth-order valence-electron chi connectivity index (χ4n) is 10.3. The van der Waals surface area contributed by atoms with Gasteiger partial charge in [-0.1, -0.05) is 162 Å². The highest BCUT2D eigenvalue weighted by atomic mass is 16.3. The lowest BCUT2D eigenvalue weighted by atomic mass is 9.68. The molecule has 4 heteroatoms. The van der Waals surface area contributed by atoms with Crippen LogP contribution in [0.25, 0.3) is 78.4 Å². The lowest BCUT2D eigenvalue weighted by Gasteiger charge is -2.33. The van der Waals surface area contributed by atoms with Crippen molar-refractivity contribution in [1.82, 2.24) is 15.0 Å². The van der Waals surface area contributed by atoms with E-state index < -0.39 is 10.8 Å². The minimum Gasteiger partial charge on any atom is -0.456 e. The van der Waals surface area contributed by atoms with Crippen molar-refractivity contribution in [2.75, 3.05) is 0 Å². The quantitative estimate of drug-likeness (QED) is 0.169. The van der Waals surface area contributed by atoms with Gasteiger partial charge in [0.1, 0.15) is 11.2 Å². The third-order valence-corrected chi connectivity index (χ3v) is 13.1. The highest BCUT2D eigenvalue weighted by molar-refractivity contribution is 6.11. The second-order valence-corrected chi connectivity index (χ2v) is 17.6. The van der Waals surface area contributed by atoms with Crippen LogP contribution in [0, 0.1) is 0 Å². The summed E-state index contributed by atoms with van der Waals surface area (Å²) in [5.74, 6) is 1.92. The van der Waals surface area contributed by atoms with Crippen LogP contribution in [-0.2, 0) is 16.2 Å². The van der Waals surface area contributed by atoms with Crippen molar-refractivity contribution in [2.24, 2.45) is 0 Å². The van der Waals surface area contributed by atoms with Gasteiger partial charge in [0.25, 0.3) is 0 Å². The highest BCUT2D eigenvalue weighted by Crippen LogP contribution is 2.64.